The van der Waals surface area contributed by atoms with Gasteiger partial charge in [-0.1, -0.05) is 25.8 Å². The summed E-state index contributed by atoms with van der Waals surface area (Å²) in [6.07, 6.45) is 2.72. The van der Waals surface area contributed by atoms with Crippen LogP contribution in [0.25, 0.3) is 0 Å². The molecule has 116 valence electrons. The molecule has 0 saturated carbocycles. The van der Waals surface area contributed by atoms with Gasteiger partial charge >= 0.3 is 5.97 Å². The van der Waals surface area contributed by atoms with Gasteiger partial charge in [0.05, 0.1) is 6.42 Å². The summed E-state index contributed by atoms with van der Waals surface area (Å²) in [5.41, 5.74) is 0.315. The van der Waals surface area contributed by atoms with E-state index in [1.54, 1.807) is 6.07 Å². The van der Waals surface area contributed by atoms with Crippen molar-refractivity contribution < 1.29 is 19.1 Å². The minimum Gasteiger partial charge on any atom is -0.480 e. The van der Waals surface area contributed by atoms with E-state index >= 15 is 0 Å². The molecule has 21 heavy (non-hydrogen) atoms. The summed E-state index contributed by atoms with van der Waals surface area (Å²) >= 11 is 0. The number of halogens is 1. The highest BCUT2D eigenvalue weighted by molar-refractivity contribution is 5.94. The third-order valence-corrected chi connectivity index (χ3v) is 2.97. The van der Waals surface area contributed by atoms with Crippen LogP contribution < -0.4 is 10.6 Å². The van der Waals surface area contributed by atoms with Gasteiger partial charge in [0.1, 0.15) is 11.9 Å². The van der Waals surface area contributed by atoms with Crippen LogP contribution in [0.4, 0.5) is 10.1 Å². The standard InChI is InChI=1S/C15H21FN2O3/c1-2-3-4-8-17-13(15(20)21)10-14(19)18-12-7-5-6-11(16)9-12/h5-7,9,13,17H,2-4,8,10H2,1H3,(H,18,19)(H,20,21). The lowest BCUT2D eigenvalue weighted by molar-refractivity contribution is -0.141. The Hall–Kier alpha value is -1.95. The lowest BCUT2D eigenvalue weighted by Crippen LogP contribution is -2.40. The number of hydrogen-bond donors (Lipinski definition) is 3. The zero-order valence-corrected chi connectivity index (χ0v) is 12.1. The van der Waals surface area contributed by atoms with E-state index in [4.69, 9.17) is 5.11 Å². The third-order valence-electron chi connectivity index (χ3n) is 2.97. The summed E-state index contributed by atoms with van der Waals surface area (Å²) in [6.45, 7) is 2.61. The van der Waals surface area contributed by atoms with Crippen LogP contribution in [0.1, 0.15) is 32.6 Å². The maximum atomic E-state index is 13.0. The van der Waals surface area contributed by atoms with E-state index in [2.05, 4.69) is 17.6 Å². The van der Waals surface area contributed by atoms with Crippen LogP contribution in [0, 0.1) is 5.82 Å². The van der Waals surface area contributed by atoms with Crippen LogP contribution in [-0.4, -0.2) is 29.6 Å². The molecule has 0 aliphatic carbocycles. The molecule has 0 spiro atoms. The molecule has 1 amide bonds. The monoisotopic (exact) mass is 296 g/mol. The van der Waals surface area contributed by atoms with E-state index in [1.165, 1.54) is 18.2 Å². The number of nitrogens with one attached hydrogen (secondary N) is 2. The molecule has 1 atom stereocenters. The lowest BCUT2D eigenvalue weighted by Gasteiger charge is -2.14. The first-order valence-electron chi connectivity index (χ1n) is 7.04. The molecule has 0 fully saturated rings. The predicted octanol–water partition coefficient (Wildman–Crippen LogP) is 2.39. The average molecular weight is 296 g/mol. The lowest BCUT2D eigenvalue weighted by atomic mass is 10.1. The average Bonchev–Trinajstić information content (AvgIpc) is 2.42. The summed E-state index contributed by atoms with van der Waals surface area (Å²) in [4.78, 5) is 22.9. The molecule has 1 unspecified atom stereocenters. The van der Waals surface area contributed by atoms with Crippen molar-refractivity contribution in [2.75, 3.05) is 11.9 Å². The van der Waals surface area contributed by atoms with Crippen molar-refractivity contribution in [1.82, 2.24) is 5.32 Å². The number of carboxylic acid groups (broad SMARTS) is 1. The molecule has 0 radical (unpaired) electrons. The number of aliphatic carboxylic acids is 1. The van der Waals surface area contributed by atoms with Gasteiger partial charge in [0.15, 0.2) is 0 Å². The SMILES string of the molecule is CCCCCNC(CC(=O)Nc1cccc(F)c1)C(=O)O. The normalized spacial score (nSPS) is 11.9. The predicted molar refractivity (Wildman–Crippen MR) is 78.6 cm³/mol. The van der Waals surface area contributed by atoms with Gasteiger partial charge in [-0.15, -0.1) is 0 Å². The van der Waals surface area contributed by atoms with Gasteiger partial charge < -0.3 is 15.7 Å². The molecule has 1 aromatic carbocycles. The van der Waals surface area contributed by atoms with E-state index in [9.17, 15) is 14.0 Å². The Balaban J connectivity index is 2.46. The number of hydrogen-bond acceptors (Lipinski definition) is 3. The van der Waals surface area contributed by atoms with E-state index < -0.39 is 23.7 Å². The number of unbranched alkanes of at least 4 members (excludes halogenated alkanes) is 2. The quantitative estimate of drug-likeness (QED) is 0.611. The molecule has 0 aliphatic rings. The number of carbonyl (C=O) groups is 2. The minimum atomic E-state index is -1.07. The Kier molecular flexibility index (Phi) is 7.39. The van der Waals surface area contributed by atoms with Crippen molar-refractivity contribution in [1.29, 1.82) is 0 Å². The number of anilines is 1. The van der Waals surface area contributed by atoms with Crippen LogP contribution in [0.15, 0.2) is 24.3 Å². The van der Waals surface area contributed by atoms with Crippen molar-refractivity contribution >= 4 is 17.6 Å². The highest BCUT2D eigenvalue weighted by Crippen LogP contribution is 2.10. The highest BCUT2D eigenvalue weighted by atomic mass is 19.1. The maximum absolute atomic E-state index is 13.0. The molecule has 0 aliphatic heterocycles. The Labute approximate surface area is 123 Å². The van der Waals surface area contributed by atoms with E-state index in [1.807, 2.05) is 0 Å². The van der Waals surface area contributed by atoms with Gasteiger partial charge in [0.25, 0.3) is 0 Å². The smallest absolute Gasteiger partial charge is 0.321 e. The number of benzene rings is 1. The van der Waals surface area contributed by atoms with Gasteiger partial charge in [-0.2, -0.15) is 0 Å². The minimum absolute atomic E-state index is 0.196. The fraction of sp³-hybridized carbons (Fsp3) is 0.467. The number of amides is 1. The van der Waals surface area contributed by atoms with Crippen molar-refractivity contribution in [2.45, 2.75) is 38.6 Å². The summed E-state index contributed by atoms with van der Waals surface area (Å²) in [5, 5.41) is 14.4. The molecule has 0 saturated heterocycles. The van der Waals surface area contributed by atoms with Crippen molar-refractivity contribution in [3.63, 3.8) is 0 Å². The van der Waals surface area contributed by atoms with Gasteiger partial charge in [-0.25, -0.2) is 4.39 Å². The van der Waals surface area contributed by atoms with Crippen molar-refractivity contribution in [3.8, 4) is 0 Å². The maximum Gasteiger partial charge on any atom is 0.321 e. The summed E-state index contributed by atoms with van der Waals surface area (Å²) < 4.78 is 13.0. The third kappa shape index (κ3) is 6.85. The topological polar surface area (TPSA) is 78.4 Å². The first kappa shape index (κ1) is 17.1. The van der Waals surface area contributed by atoms with Crippen LogP contribution in [0.5, 0.6) is 0 Å². The molecule has 6 heteroatoms. The molecule has 5 nitrogen and oxygen atoms in total. The van der Waals surface area contributed by atoms with Gasteiger partial charge in [-0.05, 0) is 31.2 Å². The zero-order valence-electron chi connectivity index (χ0n) is 12.1. The number of rotatable bonds is 9. The zero-order chi connectivity index (χ0) is 15.7. The molecular weight excluding hydrogens is 275 g/mol. The van der Waals surface area contributed by atoms with Crippen LogP contribution in [0.2, 0.25) is 0 Å². The van der Waals surface area contributed by atoms with E-state index in [-0.39, 0.29) is 6.42 Å². The van der Waals surface area contributed by atoms with Gasteiger partial charge in [-0.3, -0.25) is 9.59 Å². The Bertz CT molecular complexity index is 480. The summed E-state index contributed by atoms with van der Waals surface area (Å²) in [6, 6.07) is 4.54. The van der Waals surface area contributed by atoms with Crippen LogP contribution >= 0.6 is 0 Å². The first-order valence-corrected chi connectivity index (χ1v) is 7.04. The van der Waals surface area contributed by atoms with Crippen LogP contribution in [0.3, 0.4) is 0 Å². The number of carbonyl (C=O) groups excluding carboxylic acids is 1. The first-order chi connectivity index (χ1) is 10.0. The second-order valence-corrected chi connectivity index (χ2v) is 4.81. The summed E-state index contributed by atoms with van der Waals surface area (Å²) in [7, 11) is 0. The van der Waals surface area contributed by atoms with E-state index in [0.29, 0.717) is 12.2 Å². The Morgan fingerprint density at radius 1 is 1.33 bits per heavy atom. The molecule has 0 bridgehead atoms. The largest absolute Gasteiger partial charge is 0.480 e. The van der Waals surface area contributed by atoms with Crippen molar-refractivity contribution in [3.05, 3.63) is 30.1 Å². The molecule has 3 N–H and O–H groups in total. The number of carboxylic acids is 1. The Morgan fingerprint density at radius 3 is 2.71 bits per heavy atom. The molecule has 1 rings (SSSR count). The second-order valence-electron chi connectivity index (χ2n) is 4.81. The Morgan fingerprint density at radius 2 is 2.10 bits per heavy atom. The summed E-state index contributed by atoms with van der Waals surface area (Å²) in [5.74, 6) is -1.99. The van der Waals surface area contributed by atoms with E-state index in [0.717, 1.165) is 19.3 Å². The van der Waals surface area contributed by atoms with Gasteiger partial charge in [0, 0.05) is 5.69 Å². The fourth-order valence-corrected chi connectivity index (χ4v) is 1.86. The second kappa shape index (κ2) is 9.07. The molecule has 0 heterocycles. The van der Waals surface area contributed by atoms with Crippen molar-refractivity contribution in [2.24, 2.45) is 0 Å². The molecular formula is C15H21FN2O3. The molecule has 1 aromatic rings. The van der Waals surface area contributed by atoms with Gasteiger partial charge in [0.2, 0.25) is 5.91 Å². The fourth-order valence-electron chi connectivity index (χ4n) is 1.86. The van der Waals surface area contributed by atoms with Crippen LogP contribution in [-0.2, 0) is 9.59 Å². The molecule has 0 aromatic heterocycles. The highest BCUT2D eigenvalue weighted by Gasteiger charge is 2.20.